The van der Waals surface area contributed by atoms with Gasteiger partial charge in [-0.3, -0.25) is 0 Å². The van der Waals surface area contributed by atoms with Gasteiger partial charge in [0, 0.05) is 6.42 Å². The van der Waals surface area contributed by atoms with Crippen molar-refractivity contribution < 1.29 is 32.8 Å². The maximum atomic E-state index is 14.1. The molecule has 1 saturated heterocycles. The molecule has 6 atom stereocenters. The Balaban J connectivity index is 1.47. The number of hydrogen-bond donors (Lipinski definition) is 0. The van der Waals surface area contributed by atoms with Crippen LogP contribution in [-0.2, 0) is 52.6 Å². The van der Waals surface area contributed by atoms with Crippen molar-refractivity contribution in [2.45, 2.75) is 128 Å². The van der Waals surface area contributed by atoms with Crippen LogP contribution in [0.3, 0.4) is 0 Å². The molecule has 0 bridgehead atoms. The third-order valence-corrected chi connectivity index (χ3v) is 10.7. The highest BCUT2D eigenvalue weighted by Crippen LogP contribution is 2.47. The summed E-state index contributed by atoms with van der Waals surface area (Å²) in [5.74, 6) is 0.359. The van der Waals surface area contributed by atoms with E-state index in [1.54, 1.807) is 0 Å². The molecule has 48 heavy (non-hydrogen) atoms. The Kier molecular flexibility index (Phi) is 14.2. The Bertz CT molecular complexity index is 1350. The first-order valence-corrected chi connectivity index (χ1v) is 18.8. The smallest absolute Gasteiger partial charge is 0.374 e. The van der Waals surface area contributed by atoms with Crippen molar-refractivity contribution in [3.8, 4) is 0 Å². The molecule has 0 radical (unpaired) electrons. The lowest BCUT2D eigenvalue weighted by molar-refractivity contribution is -0.323. The number of ether oxygens (including phenoxy) is 5. The topological polar surface area (TPSA) is 72.5 Å². The quantitative estimate of drug-likeness (QED) is 0.132. The predicted molar refractivity (Wildman–Crippen MR) is 189 cm³/mol. The van der Waals surface area contributed by atoms with Crippen LogP contribution in [0.5, 0.6) is 0 Å². The molecule has 1 aliphatic carbocycles. The van der Waals surface area contributed by atoms with Gasteiger partial charge in [0.25, 0.3) is 0 Å². The molecule has 0 aromatic heterocycles. The molecule has 0 amide bonds. The third kappa shape index (κ3) is 11.0. The second-order valence-electron chi connectivity index (χ2n) is 14.2. The van der Waals surface area contributed by atoms with E-state index >= 15 is 0 Å². The van der Waals surface area contributed by atoms with Crippen LogP contribution < -0.4 is 0 Å². The van der Waals surface area contributed by atoms with Crippen molar-refractivity contribution in [3.63, 3.8) is 0 Å². The minimum absolute atomic E-state index is 0.0267. The van der Waals surface area contributed by atoms with Gasteiger partial charge in [-0.25, -0.2) is 0 Å². The monoisotopic (exact) mass is 677 g/mol. The Morgan fingerprint density at radius 1 is 0.729 bits per heavy atom. The van der Waals surface area contributed by atoms with E-state index in [1.807, 2.05) is 105 Å². The van der Waals surface area contributed by atoms with Crippen molar-refractivity contribution in [1.29, 1.82) is 0 Å². The normalized spacial score (nSPS) is 24.1. The van der Waals surface area contributed by atoms with Crippen LogP contribution in [0.4, 0.5) is 0 Å². The van der Waals surface area contributed by atoms with Crippen LogP contribution in [0, 0.1) is 5.92 Å². The molecule has 1 saturated carbocycles. The summed E-state index contributed by atoms with van der Waals surface area (Å²) in [6.45, 7) is 9.68. The first-order valence-electron chi connectivity index (χ1n) is 17.7. The van der Waals surface area contributed by atoms with Crippen LogP contribution in [0.25, 0.3) is 0 Å². The van der Waals surface area contributed by atoms with E-state index in [9.17, 15) is 4.57 Å². The third-order valence-electron chi connectivity index (χ3n) is 9.05. The molecular weight excluding hydrogens is 623 g/mol. The molecule has 2 fully saturated rings. The average molecular weight is 678 g/mol. The Hall–Kier alpha value is -2.48. The van der Waals surface area contributed by atoms with E-state index in [4.69, 9.17) is 28.2 Å². The molecule has 7 nitrogen and oxygen atoms in total. The lowest BCUT2D eigenvalue weighted by atomic mass is 9.96. The summed E-state index contributed by atoms with van der Waals surface area (Å²) in [6.07, 6.45) is 2.78. The predicted octanol–water partition coefficient (Wildman–Crippen LogP) is 9.40. The average Bonchev–Trinajstić information content (AvgIpc) is 3.09. The van der Waals surface area contributed by atoms with Crippen LogP contribution in [-0.4, -0.2) is 48.6 Å². The zero-order chi connectivity index (χ0) is 33.8. The number of rotatable bonds is 17. The largest absolute Gasteiger partial charge is 0.514 e. The number of benzene rings is 3. The first-order chi connectivity index (χ1) is 23.3. The molecule has 0 N–H and O–H groups in total. The number of hydrogen-bond acceptors (Lipinski definition) is 7. The Morgan fingerprint density at radius 2 is 1.25 bits per heavy atom. The van der Waals surface area contributed by atoms with Gasteiger partial charge in [0.2, 0.25) is 0 Å². The molecular formula is C40H54O7P+. The second kappa shape index (κ2) is 18.5. The highest BCUT2D eigenvalue weighted by molar-refractivity contribution is 7.41. The fourth-order valence-corrected chi connectivity index (χ4v) is 7.98. The zero-order valence-electron chi connectivity index (χ0n) is 29.1. The van der Waals surface area contributed by atoms with E-state index in [-0.39, 0.29) is 12.7 Å². The molecule has 3 aromatic carbocycles. The summed E-state index contributed by atoms with van der Waals surface area (Å²) in [7, 11) is -2.13. The van der Waals surface area contributed by atoms with E-state index in [0.717, 1.165) is 48.8 Å². The highest BCUT2D eigenvalue weighted by Gasteiger charge is 2.55. The van der Waals surface area contributed by atoms with Gasteiger partial charge >= 0.3 is 8.03 Å². The van der Waals surface area contributed by atoms with Gasteiger partial charge in [-0.15, -0.1) is 4.52 Å². The van der Waals surface area contributed by atoms with Crippen molar-refractivity contribution in [3.05, 3.63) is 108 Å². The minimum Gasteiger partial charge on any atom is -0.374 e. The van der Waals surface area contributed by atoms with Gasteiger partial charge in [0.15, 0.2) is 17.6 Å². The van der Waals surface area contributed by atoms with E-state index in [1.165, 1.54) is 6.42 Å². The second-order valence-corrected chi connectivity index (χ2v) is 16.1. The van der Waals surface area contributed by atoms with Crippen LogP contribution >= 0.6 is 8.03 Å². The maximum Gasteiger partial charge on any atom is 0.514 e. The van der Waals surface area contributed by atoms with Crippen LogP contribution in [0.2, 0.25) is 0 Å². The molecule has 1 aliphatic heterocycles. The summed E-state index contributed by atoms with van der Waals surface area (Å²) in [4.78, 5) is 0. The van der Waals surface area contributed by atoms with Gasteiger partial charge in [0.05, 0.1) is 32.5 Å². The molecule has 260 valence electrons. The minimum atomic E-state index is -2.13. The van der Waals surface area contributed by atoms with Gasteiger partial charge in [-0.05, 0) is 53.9 Å². The van der Waals surface area contributed by atoms with Crippen LogP contribution in [0.15, 0.2) is 91.0 Å². The zero-order valence-corrected chi connectivity index (χ0v) is 30.0. The summed E-state index contributed by atoms with van der Waals surface area (Å²) < 4.78 is 54.1. The van der Waals surface area contributed by atoms with Gasteiger partial charge in [-0.2, -0.15) is 0 Å². The van der Waals surface area contributed by atoms with Crippen molar-refractivity contribution in [2.75, 3.05) is 6.61 Å². The summed E-state index contributed by atoms with van der Waals surface area (Å²) in [5.41, 5.74) is 3.13. The molecule has 0 spiro atoms. The van der Waals surface area contributed by atoms with Gasteiger partial charge in [-0.1, -0.05) is 124 Å². The summed E-state index contributed by atoms with van der Waals surface area (Å²) in [5, 5.41) is -0.557. The molecule has 1 heterocycles. The molecule has 1 unspecified atom stereocenters. The summed E-state index contributed by atoms with van der Waals surface area (Å²) in [6, 6.07) is 30.3. The SMILES string of the molecule is CC(C)CC(C)(C)[P+](=O)O[C@H]1[C@@H](OC2CCCCC2)O[C@H](COCc2ccccc2)[C@@H](OCc2ccccc2)[C@@H]1OCc1ccccc1. The first kappa shape index (κ1) is 36.8. The highest BCUT2D eigenvalue weighted by atomic mass is 31.1. The fraction of sp³-hybridized carbons (Fsp3) is 0.550. The van der Waals surface area contributed by atoms with Crippen LogP contribution in [0.1, 0.15) is 82.9 Å². The Labute approximate surface area is 288 Å². The lowest BCUT2D eigenvalue weighted by Crippen LogP contribution is -2.62. The van der Waals surface area contributed by atoms with E-state index in [2.05, 4.69) is 13.8 Å². The lowest BCUT2D eigenvalue weighted by Gasteiger charge is -2.45. The molecule has 3 aromatic rings. The maximum absolute atomic E-state index is 14.1. The molecule has 5 rings (SSSR count). The van der Waals surface area contributed by atoms with Crippen molar-refractivity contribution in [2.24, 2.45) is 5.92 Å². The molecule has 2 aliphatic rings. The van der Waals surface area contributed by atoms with Gasteiger partial charge < -0.3 is 23.7 Å². The van der Waals surface area contributed by atoms with Gasteiger partial charge in [0.1, 0.15) is 18.3 Å². The standard InChI is InChI=1S/C40H54O7P/c1-30(2)25-40(3,4)48(41)47-38-37(44-28-33-21-13-7-14-22-33)36(43-27-32-19-11-6-12-20-32)35(29-42-26-31-17-9-5-10-18-31)46-39(38)45-34-23-15-8-16-24-34/h5-7,9-14,17-22,30,34-39H,8,15-16,23-29H2,1-4H3/q+1/t35-,36-,37+,38-,39+/m1/s1. The van der Waals surface area contributed by atoms with Crippen molar-refractivity contribution >= 4 is 8.03 Å². The van der Waals surface area contributed by atoms with Crippen molar-refractivity contribution in [1.82, 2.24) is 0 Å². The molecule has 8 heteroatoms. The van der Waals surface area contributed by atoms with E-state index < -0.39 is 43.9 Å². The fourth-order valence-electron chi connectivity index (χ4n) is 6.74. The Morgan fingerprint density at radius 3 is 1.79 bits per heavy atom. The summed E-state index contributed by atoms with van der Waals surface area (Å²) >= 11 is 0. The van der Waals surface area contributed by atoms with E-state index in [0.29, 0.717) is 25.7 Å².